The zero-order valence-electron chi connectivity index (χ0n) is 11.6. The van der Waals surface area contributed by atoms with Gasteiger partial charge in [0.1, 0.15) is 0 Å². The summed E-state index contributed by atoms with van der Waals surface area (Å²) in [7, 11) is 0. The highest BCUT2D eigenvalue weighted by molar-refractivity contribution is 5.39. The highest BCUT2D eigenvalue weighted by atomic mass is 15.1. The van der Waals surface area contributed by atoms with E-state index in [1.807, 2.05) is 12.1 Å². The first-order valence-electron chi connectivity index (χ1n) is 6.54. The second kappa shape index (κ2) is 6.65. The Kier molecular flexibility index (Phi) is 5.49. The van der Waals surface area contributed by atoms with Crippen LogP contribution in [-0.2, 0) is 6.54 Å². The van der Waals surface area contributed by atoms with Gasteiger partial charge in [-0.15, -0.1) is 0 Å². The van der Waals surface area contributed by atoms with E-state index in [0.29, 0.717) is 11.8 Å². The Hall–Kier alpha value is -1.02. The summed E-state index contributed by atoms with van der Waals surface area (Å²) in [6.45, 7) is 12.4. The smallest absolute Gasteiger partial charge is 0.0314 e. The molecule has 0 bridgehead atoms. The minimum absolute atomic E-state index is 0.711. The standard InChI is InChI=1S/C15H26N2/c1-12(2)9-17(10-13(3)4)11-14-5-7-15(16)8-6-14/h5-8,12-13H,9-11,16H2,1-4H3. The zero-order valence-corrected chi connectivity index (χ0v) is 11.6. The Balaban J connectivity index is 2.61. The van der Waals surface area contributed by atoms with Gasteiger partial charge in [0.2, 0.25) is 0 Å². The topological polar surface area (TPSA) is 29.3 Å². The van der Waals surface area contributed by atoms with E-state index in [0.717, 1.165) is 25.3 Å². The van der Waals surface area contributed by atoms with E-state index in [1.54, 1.807) is 0 Å². The van der Waals surface area contributed by atoms with Crippen LogP contribution in [-0.4, -0.2) is 18.0 Å². The summed E-state index contributed by atoms with van der Waals surface area (Å²) in [4.78, 5) is 2.53. The van der Waals surface area contributed by atoms with Crippen molar-refractivity contribution in [1.29, 1.82) is 0 Å². The molecule has 0 fully saturated rings. The summed E-state index contributed by atoms with van der Waals surface area (Å²) in [5, 5.41) is 0. The molecule has 1 aromatic rings. The number of benzene rings is 1. The van der Waals surface area contributed by atoms with Crippen LogP contribution in [0.5, 0.6) is 0 Å². The number of nitrogens with two attached hydrogens (primary N) is 1. The second-order valence-corrected chi connectivity index (χ2v) is 5.72. The van der Waals surface area contributed by atoms with Crippen molar-refractivity contribution in [3.8, 4) is 0 Å². The minimum Gasteiger partial charge on any atom is -0.399 e. The number of rotatable bonds is 6. The van der Waals surface area contributed by atoms with Gasteiger partial charge in [0.25, 0.3) is 0 Å². The lowest BCUT2D eigenvalue weighted by Crippen LogP contribution is -2.30. The Morgan fingerprint density at radius 3 is 1.82 bits per heavy atom. The van der Waals surface area contributed by atoms with Gasteiger partial charge >= 0.3 is 0 Å². The zero-order chi connectivity index (χ0) is 12.8. The largest absolute Gasteiger partial charge is 0.399 e. The van der Waals surface area contributed by atoms with Crippen LogP contribution in [0.3, 0.4) is 0 Å². The molecule has 0 heterocycles. The molecule has 2 N–H and O–H groups in total. The fraction of sp³-hybridized carbons (Fsp3) is 0.600. The monoisotopic (exact) mass is 234 g/mol. The van der Waals surface area contributed by atoms with Crippen LogP contribution in [0.4, 0.5) is 5.69 Å². The second-order valence-electron chi connectivity index (χ2n) is 5.72. The van der Waals surface area contributed by atoms with Crippen molar-refractivity contribution in [2.45, 2.75) is 34.2 Å². The third-order valence-corrected chi connectivity index (χ3v) is 2.63. The van der Waals surface area contributed by atoms with Crippen LogP contribution in [0.2, 0.25) is 0 Å². The van der Waals surface area contributed by atoms with Gasteiger partial charge in [0.05, 0.1) is 0 Å². The lowest BCUT2D eigenvalue weighted by molar-refractivity contribution is 0.211. The van der Waals surface area contributed by atoms with Gasteiger partial charge in [-0.3, -0.25) is 4.90 Å². The maximum atomic E-state index is 5.71. The van der Waals surface area contributed by atoms with Crippen LogP contribution in [0, 0.1) is 11.8 Å². The summed E-state index contributed by atoms with van der Waals surface area (Å²) in [5.41, 5.74) is 7.89. The Morgan fingerprint density at radius 2 is 1.41 bits per heavy atom. The molecule has 2 nitrogen and oxygen atoms in total. The van der Waals surface area contributed by atoms with Gasteiger partial charge in [-0.25, -0.2) is 0 Å². The normalized spacial score (nSPS) is 11.7. The molecule has 0 atom stereocenters. The summed E-state index contributed by atoms with van der Waals surface area (Å²) < 4.78 is 0. The number of hydrogen-bond acceptors (Lipinski definition) is 2. The molecule has 1 rings (SSSR count). The van der Waals surface area contributed by atoms with Crippen molar-refractivity contribution >= 4 is 5.69 Å². The van der Waals surface area contributed by atoms with E-state index in [4.69, 9.17) is 5.73 Å². The molecule has 0 saturated carbocycles. The van der Waals surface area contributed by atoms with Crippen molar-refractivity contribution in [3.63, 3.8) is 0 Å². The number of nitrogens with zero attached hydrogens (tertiary/aromatic N) is 1. The molecule has 0 aliphatic carbocycles. The first-order chi connectivity index (χ1) is 7.97. The minimum atomic E-state index is 0.711. The summed E-state index contributed by atoms with van der Waals surface area (Å²) in [6, 6.07) is 8.22. The third kappa shape index (κ3) is 5.73. The maximum absolute atomic E-state index is 5.71. The van der Waals surface area contributed by atoms with Gasteiger partial charge in [-0.05, 0) is 29.5 Å². The van der Waals surface area contributed by atoms with E-state index in [1.165, 1.54) is 5.56 Å². The average molecular weight is 234 g/mol. The fourth-order valence-electron chi connectivity index (χ4n) is 2.12. The Labute approximate surface area is 106 Å². The third-order valence-electron chi connectivity index (χ3n) is 2.63. The first kappa shape index (κ1) is 14.0. The Morgan fingerprint density at radius 1 is 0.941 bits per heavy atom. The average Bonchev–Trinajstić information content (AvgIpc) is 2.19. The van der Waals surface area contributed by atoms with E-state index >= 15 is 0 Å². The molecule has 17 heavy (non-hydrogen) atoms. The van der Waals surface area contributed by atoms with Crippen molar-refractivity contribution in [2.75, 3.05) is 18.8 Å². The molecule has 0 aliphatic rings. The van der Waals surface area contributed by atoms with Crippen molar-refractivity contribution < 1.29 is 0 Å². The molecule has 0 amide bonds. The summed E-state index contributed by atoms with van der Waals surface area (Å²) in [5.74, 6) is 1.42. The predicted octanol–water partition coefficient (Wildman–Crippen LogP) is 3.38. The van der Waals surface area contributed by atoms with Gasteiger partial charge in [-0.2, -0.15) is 0 Å². The van der Waals surface area contributed by atoms with Gasteiger partial charge in [0.15, 0.2) is 0 Å². The number of nitrogen functional groups attached to an aromatic ring is 1. The molecular formula is C15H26N2. The number of hydrogen-bond donors (Lipinski definition) is 1. The molecule has 0 radical (unpaired) electrons. The summed E-state index contributed by atoms with van der Waals surface area (Å²) >= 11 is 0. The molecule has 0 saturated heterocycles. The first-order valence-corrected chi connectivity index (χ1v) is 6.54. The maximum Gasteiger partial charge on any atom is 0.0314 e. The molecule has 96 valence electrons. The highest BCUT2D eigenvalue weighted by Gasteiger charge is 2.09. The van der Waals surface area contributed by atoms with Crippen LogP contribution in [0.25, 0.3) is 0 Å². The van der Waals surface area contributed by atoms with Gasteiger partial charge < -0.3 is 5.73 Å². The van der Waals surface area contributed by atoms with Gasteiger partial charge in [0, 0.05) is 25.3 Å². The van der Waals surface area contributed by atoms with Gasteiger partial charge in [-0.1, -0.05) is 39.8 Å². The van der Waals surface area contributed by atoms with E-state index in [-0.39, 0.29) is 0 Å². The van der Waals surface area contributed by atoms with Crippen LogP contribution in [0.15, 0.2) is 24.3 Å². The molecule has 0 spiro atoms. The highest BCUT2D eigenvalue weighted by Crippen LogP contribution is 2.11. The molecule has 0 unspecified atom stereocenters. The fourth-order valence-corrected chi connectivity index (χ4v) is 2.12. The molecule has 0 aromatic heterocycles. The lowest BCUT2D eigenvalue weighted by Gasteiger charge is -2.26. The lowest BCUT2D eigenvalue weighted by atomic mass is 10.1. The van der Waals surface area contributed by atoms with Crippen molar-refractivity contribution in [3.05, 3.63) is 29.8 Å². The molecule has 2 heteroatoms. The van der Waals surface area contributed by atoms with E-state index < -0.39 is 0 Å². The molecular weight excluding hydrogens is 208 g/mol. The number of anilines is 1. The van der Waals surface area contributed by atoms with Crippen LogP contribution in [0.1, 0.15) is 33.3 Å². The van der Waals surface area contributed by atoms with Crippen LogP contribution < -0.4 is 5.73 Å². The predicted molar refractivity (Wildman–Crippen MR) is 75.8 cm³/mol. The van der Waals surface area contributed by atoms with Crippen LogP contribution >= 0.6 is 0 Å². The van der Waals surface area contributed by atoms with E-state index in [9.17, 15) is 0 Å². The van der Waals surface area contributed by atoms with E-state index in [2.05, 4.69) is 44.7 Å². The van der Waals surface area contributed by atoms with Crippen molar-refractivity contribution in [2.24, 2.45) is 11.8 Å². The molecule has 0 aliphatic heterocycles. The van der Waals surface area contributed by atoms with Crippen molar-refractivity contribution in [1.82, 2.24) is 4.90 Å². The quantitative estimate of drug-likeness (QED) is 0.765. The Bertz CT molecular complexity index is 304. The molecule has 1 aromatic carbocycles. The summed E-state index contributed by atoms with van der Waals surface area (Å²) in [6.07, 6.45) is 0. The SMILES string of the molecule is CC(C)CN(Cc1ccc(N)cc1)CC(C)C.